The van der Waals surface area contributed by atoms with Crippen LogP contribution in [0, 0.1) is 5.82 Å². The first-order valence-electron chi connectivity index (χ1n) is 5.44. The second-order valence-corrected chi connectivity index (χ2v) is 4.05. The molecular formula is C12H9F4N3O. The van der Waals surface area contributed by atoms with Crippen LogP contribution in [0.5, 0.6) is 0 Å². The van der Waals surface area contributed by atoms with Gasteiger partial charge in [0.2, 0.25) is 0 Å². The number of alkyl halides is 3. The van der Waals surface area contributed by atoms with Crippen LogP contribution in [0.3, 0.4) is 0 Å². The van der Waals surface area contributed by atoms with Gasteiger partial charge in [-0.2, -0.15) is 18.3 Å². The summed E-state index contributed by atoms with van der Waals surface area (Å²) in [5, 5.41) is 6.16. The van der Waals surface area contributed by atoms with Gasteiger partial charge in [-0.05, 0) is 18.2 Å². The minimum Gasteiger partial charge on any atom is -0.319 e. The van der Waals surface area contributed by atoms with Gasteiger partial charge in [0.05, 0.1) is 17.4 Å². The molecule has 20 heavy (non-hydrogen) atoms. The predicted octanol–water partition coefficient (Wildman–Crippen LogP) is 2.83. The van der Waals surface area contributed by atoms with E-state index in [-0.39, 0.29) is 5.56 Å². The number of carbonyl (C=O) groups excluding carboxylic acids is 1. The number of amides is 1. The van der Waals surface area contributed by atoms with Crippen molar-refractivity contribution in [2.24, 2.45) is 7.05 Å². The third-order valence-corrected chi connectivity index (χ3v) is 2.50. The number of aryl methyl sites for hydroxylation is 1. The van der Waals surface area contributed by atoms with E-state index in [9.17, 15) is 22.4 Å². The van der Waals surface area contributed by atoms with E-state index >= 15 is 0 Å². The molecule has 0 aliphatic rings. The highest BCUT2D eigenvalue weighted by Crippen LogP contribution is 2.32. The van der Waals surface area contributed by atoms with Crippen molar-refractivity contribution in [1.82, 2.24) is 9.78 Å². The van der Waals surface area contributed by atoms with Crippen LogP contribution in [0.2, 0.25) is 0 Å². The molecule has 4 nitrogen and oxygen atoms in total. The van der Waals surface area contributed by atoms with Crippen molar-refractivity contribution in [3.8, 4) is 0 Å². The minimum atomic E-state index is -4.85. The zero-order chi connectivity index (χ0) is 14.9. The van der Waals surface area contributed by atoms with Crippen molar-refractivity contribution >= 4 is 11.6 Å². The number of carbonyl (C=O) groups is 1. The van der Waals surface area contributed by atoms with Crippen LogP contribution in [0.1, 0.15) is 15.9 Å². The quantitative estimate of drug-likeness (QED) is 0.863. The second kappa shape index (κ2) is 4.95. The van der Waals surface area contributed by atoms with Gasteiger partial charge in [0, 0.05) is 18.8 Å². The highest BCUT2D eigenvalue weighted by molar-refractivity contribution is 6.04. The number of nitrogens with zero attached hydrogens (tertiary/aromatic N) is 2. The lowest BCUT2D eigenvalue weighted by Gasteiger charge is -2.09. The molecule has 1 heterocycles. The summed E-state index contributed by atoms with van der Waals surface area (Å²) in [5.74, 6) is -2.20. The second-order valence-electron chi connectivity index (χ2n) is 4.05. The minimum absolute atomic E-state index is 0.289. The zero-order valence-electron chi connectivity index (χ0n) is 10.2. The van der Waals surface area contributed by atoms with E-state index in [1.807, 2.05) is 0 Å². The Labute approximate surface area is 111 Å². The smallest absolute Gasteiger partial charge is 0.319 e. The summed E-state index contributed by atoms with van der Waals surface area (Å²) in [4.78, 5) is 11.8. The molecule has 0 aliphatic heterocycles. The summed E-state index contributed by atoms with van der Waals surface area (Å²) in [5.41, 5.74) is -1.44. The Morgan fingerprint density at radius 3 is 2.60 bits per heavy atom. The normalized spacial score (nSPS) is 11.4. The Bertz CT molecular complexity index is 648. The Kier molecular flexibility index (Phi) is 3.47. The van der Waals surface area contributed by atoms with Crippen LogP contribution in [0.4, 0.5) is 23.2 Å². The number of hydrogen-bond donors (Lipinski definition) is 1. The maximum atomic E-state index is 13.1. The largest absolute Gasteiger partial charge is 0.419 e. The van der Waals surface area contributed by atoms with Crippen LogP contribution >= 0.6 is 0 Å². The van der Waals surface area contributed by atoms with E-state index < -0.39 is 23.5 Å². The number of benzene rings is 1. The van der Waals surface area contributed by atoms with E-state index in [1.54, 1.807) is 7.05 Å². The molecule has 1 amide bonds. The maximum Gasteiger partial charge on any atom is 0.419 e. The number of aromatic nitrogens is 2. The maximum absolute atomic E-state index is 13.1. The summed E-state index contributed by atoms with van der Waals surface area (Å²) < 4.78 is 52.1. The lowest BCUT2D eigenvalue weighted by molar-refractivity contribution is -0.140. The number of anilines is 1. The summed E-state index contributed by atoms with van der Waals surface area (Å²) in [7, 11) is 1.62. The van der Waals surface area contributed by atoms with Crippen LogP contribution in [-0.4, -0.2) is 15.7 Å². The van der Waals surface area contributed by atoms with Gasteiger partial charge in [0.1, 0.15) is 5.82 Å². The average molecular weight is 287 g/mol. The number of halogens is 4. The number of hydrogen-bond acceptors (Lipinski definition) is 2. The van der Waals surface area contributed by atoms with Crippen LogP contribution in [-0.2, 0) is 13.2 Å². The van der Waals surface area contributed by atoms with Crippen molar-refractivity contribution in [1.29, 1.82) is 0 Å². The van der Waals surface area contributed by atoms with E-state index in [0.717, 1.165) is 6.07 Å². The molecule has 8 heteroatoms. The molecule has 0 fully saturated rings. The van der Waals surface area contributed by atoms with E-state index in [4.69, 9.17) is 0 Å². The van der Waals surface area contributed by atoms with Gasteiger partial charge < -0.3 is 5.32 Å². The summed E-state index contributed by atoms with van der Waals surface area (Å²) in [6, 6.07) is 2.07. The van der Waals surface area contributed by atoms with Crippen LogP contribution in [0.15, 0.2) is 30.6 Å². The van der Waals surface area contributed by atoms with Crippen LogP contribution < -0.4 is 5.32 Å². The third kappa shape index (κ3) is 2.95. The van der Waals surface area contributed by atoms with Crippen molar-refractivity contribution in [2.45, 2.75) is 6.18 Å². The molecule has 0 aliphatic carbocycles. The molecule has 0 atom stereocenters. The van der Waals surface area contributed by atoms with Crippen molar-refractivity contribution in [2.75, 3.05) is 5.32 Å². The molecule has 1 N–H and O–H groups in total. The first-order chi connectivity index (χ1) is 9.27. The van der Waals surface area contributed by atoms with Gasteiger partial charge in [-0.25, -0.2) is 4.39 Å². The van der Waals surface area contributed by atoms with Gasteiger partial charge in [-0.15, -0.1) is 0 Å². The summed E-state index contributed by atoms with van der Waals surface area (Å²) in [6.07, 6.45) is -2.03. The molecule has 1 aromatic heterocycles. The van der Waals surface area contributed by atoms with E-state index in [1.165, 1.54) is 17.1 Å². The Balaban J connectivity index is 2.27. The highest BCUT2D eigenvalue weighted by Gasteiger charge is 2.34. The fourth-order valence-electron chi connectivity index (χ4n) is 1.57. The van der Waals surface area contributed by atoms with Crippen molar-refractivity contribution in [3.63, 3.8) is 0 Å². The van der Waals surface area contributed by atoms with Crippen molar-refractivity contribution in [3.05, 3.63) is 47.5 Å². The molecule has 0 saturated carbocycles. The van der Waals surface area contributed by atoms with Gasteiger partial charge >= 0.3 is 6.18 Å². The van der Waals surface area contributed by atoms with Crippen LogP contribution in [0.25, 0.3) is 0 Å². The fourth-order valence-corrected chi connectivity index (χ4v) is 1.57. The predicted molar refractivity (Wildman–Crippen MR) is 62.6 cm³/mol. The first-order valence-corrected chi connectivity index (χ1v) is 5.44. The third-order valence-electron chi connectivity index (χ3n) is 2.50. The topological polar surface area (TPSA) is 46.9 Å². The molecule has 0 bridgehead atoms. The molecule has 0 spiro atoms. The van der Waals surface area contributed by atoms with Gasteiger partial charge in [0.15, 0.2) is 0 Å². The Hall–Kier alpha value is -2.38. The van der Waals surface area contributed by atoms with Gasteiger partial charge in [-0.1, -0.05) is 0 Å². The highest BCUT2D eigenvalue weighted by atomic mass is 19.4. The fraction of sp³-hybridized carbons (Fsp3) is 0.167. The standard InChI is InChI=1S/C12H9F4N3O/c1-19-6-8(5-17-19)18-11(20)7-2-3-10(13)9(4-7)12(14,15)16/h2-6H,1H3,(H,18,20). The lowest BCUT2D eigenvalue weighted by Crippen LogP contribution is -2.15. The molecule has 0 unspecified atom stereocenters. The molecule has 106 valence electrons. The van der Waals surface area contributed by atoms with E-state index in [0.29, 0.717) is 17.8 Å². The summed E-state index contributed by atoms with van der Waals surface area (Å²) >= 11 is 0. The zero-order valence-corrected chi connectivity index (χ0v) is 10.2. The van der Waals surface area contributed by atoms with Gasteiger partial charge in [-0.3, -0.25) is 9.48 Å². The first kappa shape index (κ1) is 14.0. The Morgan fingerprint density at radius 1 is 1.35 bits per heavy atom. The molecular weight excluding hydrogens is 278 g/mol. The monoisotopic (exact) mass is 287 g/mol. The molecule has 2 rings (SSSR count). The lowest BCUT2D eigenvalue weighted by atomic mass is 10.1. The number of rotatable bonds is 2. The van der Waals surface area contributed by atoms with E-state index in [2.05, 4.69) is 10.4 Å². The molecule has 1 aromatic carbocycles. The SMILES string of the molecule is Cn1cc(NC(=O)c2ccc(F)c(C(F)(F)F)c2)cn1. The Morgan fingerprint density at radius 2 is 2.05 bits per heavy atom. The molecule has 2 aromatic rings. The molecule has 0 saturated heterocycles. The number of nitrogens with one attached hydrogen (secondary N) is 1. The summed E-state index contributed by atoms with van der Waals surface area (Å²) in [6.45, 7) is 0. The van der Waals surface area contributed by atoms with Crippen molar-refractivity contribution < 1.29 is 22.4 Å². The molecule has 0 radical (unpaired) electrons. The van der Waals surface area contributed by atoms with Gasteiger partial charge in [0.25, 0.3) is 5.91 Å². The average Bonchev–Trinajstić information content (AvgIpc) is 2.73.